The van der Waals surface area contributed by atoms with E-state index in [1.165, 1.54) is 17.4 Å². The summed E-state index contributed by atoms with van der Waals surface area (Å²) in [5, 5.41) is 14.9. The quantitative estimate of drug-likeness (QED) is 0.306. The Bertz CT molecular complexity index is 1330. The number of piperazine rings is 1. The topological polar surface area (TPSA) is 91.6 Å². The second-order valence-electron chi connectivity index (χ2n) is 8.43. The lowest BCUT2D eigenvalue weighted by Crippen LogP contribution is -2.48. The van der Waals surface area contributed by atoms with E-state index in [-0.39, 0.29) is 16.5 Å². The minimum absolute atomic E-state index is 0.0631. The highest BCUT2D eigenvalue weighted by Crippen LogP contribution is 2.31. The van der Waals surface area contributed by atoms with Crippen LogP contribution in [0.25, 0.3) is 21.3 Å². The molecule has 35 heavy (non-hydrogen) atoms. The van der Waals surface area contributed by atoms with Crippen molar-refractivity contribution in [3.63, 3.8) is 0 Å². The van der Waals surface area contributed by atoms with Crippen LogP contribution >= 0.6 is 11.3 Å². The molecule has 0 bridgehead atoms. The molecular weight excluding hydrogens is 462 g/mol. The fourth-order valence-electron chi connectivity index (χ4n) is 4.19. The summed E-state index contributed by atoms with van der Waals surface area (Å²) in [4.78, 5) is 32.4. The maximum atomic E-state index is 12.5. The van der Waals surface area contributed by atoms with Gasteiger partial charge >= 0.3 is 0 Å². The Morgan fingerprint density at radius 2 is 1.69 bits per heavy atom. The smallest absolute Gasteiger partial charge is 0.270 e. The van der Waals surface area contributed by atoms with Crippen LogP contribution in [0.5, 0.6) is 0 Å². The number of hydrogen-bond acceptors (Lipinski definition) is 7. The number of nitro benzene ring substituents is 1. The van der Waals surface area contributed by atoms with E-state index in [9.17, 15) is 14.9 Å². The number of amides is 1. The molecule has 1 N–H and O–H groups in total. The maximum absolute atomic E-state index is 12.5. The molecule has 4 aromatic rings. The summed E-state index contributed by atoms with van der Waals surface area (Å²) < 4.78 is 0.830. The van der Waals surface area contributed by atoms with Gasteiger partial charge in [0, 0.05) is 57.0 Å². The number of nitrogens with zero attached hydrogens (tertiary/aromatic N) is 4. The average Bonchev–Trinajstić information content (AvgIpc) is 3.33. The zero-order valence-corrected chi connectivity index (χ0v) is 19.9. The molecule has 178 valence electrons. The molecule has 1 aliphatic heterocycles. The number of carbonyl (C=O) groups excluding carboxylic acids is 1. The molecule has 1 aliphatic rings. The summed E-state index contributed by atoms with van der Waals surface area (Å²) >= 11 is 1.49. The van der Waals surface area contributed by atoms with E-state index in [0.717, 1.165) is 59.2 Å². The van der Waals surface area contributed by atoms with Gasteiger partial charge in [-0.15, -0.1) is 0 Å². The lowest BCUT2D eigenvalue weighted by molar-refractivity contribution is -0.384. The zero-order valence-electron chi connectivity index (χ0n) is 19.1. The van der Waals surface area contributed by atoms with Gasteiger partial charge in [0.15, 0.2) is 5.13 Å². The summed E-state index contributed by atoms with van der Waals surface area (Å²) in [6.07, 6.45) is 0. The van der Waals surface area contributed by atoms with E-state index >= 15 is 0 Å². The zero-order chi connectivity index (χ0) is 24.2. The number of rotatable bonds is 7. The molecule has 2 heterocycles. The van der Waals surface area contributed by atoms with Crippen molar-refractivity contribution in [1.29, 1.82) is 0 Å². The predicted octanol–water partition coefficient (Wildman–Crippen LogP) is 4.42. The van der Waals surface area contributed by atoms with Gasteiger partial charge in [0.05, 0.1) is 15.1 Å². The highest BCUT2D eigenvalue weighted by atomic mass is 32.1. The molecule has 0 atom stereocenters. The van der Waals surface area contributed by atoms with Crippen molar-refractivity contribution in [2.24, 2.45) is 0 Å². The minimum Gasteiger partial charge on any atom is -0.351 e. The van der Waals surface area contributed by atoms with Crippen LogP contribution in [-0.2, 0) is 0 Å². The molecule has 1 amide bonds. The molecule has 1 saturated heterocycles. The van der Waals surface area contributed by atoms with E-state index in [0.29, 0.717) is 12.1 Å². The highest BCUT2D eigenvalue weighted by Gasteiger charge is 2.20. The van der Waals surface area contributed by atoms with E-state index in [2.05, 4.69) is 32.2 Å². The Hall–Kier alpha value is -3.82. The molecule has 0 spiro atoms. The van der Waals surface area contributed by atoms with Crippen molar-refractivity contribution in [3.8, 4) is 11.1 Å². The number of nitrogens with one attached hydrogen (secondary N) is 1. The monoisotopic (exact) mass is 487 g/mol. The first-order valence-electron chi connectivity index (χ1n) is 11.5. The third-order valence-corrected chi connectivity index (χ3v) is 7.26. The summed E-state index contributed by atoms with van der Waals surface area (Å²) in [6, 6.07) is 22.6. The fraction of sp³-hybridized carbons (Fsp3) is 0.231. The van der Waals surface area contributed by atoms with E-state index < -0.39 is 0 Å². The number of anilines is 1. The van der Waals surface area contributed by atoms with E-state index in [1.54, 1.807) is 12.1 Å². The number of thiazole rings is 1. The largest absolute Gasteiger partial charge is 0.351 e. The number of nitro groups is 1. The Balaban J connectivity index is 1.09. The van der Waals surface area contributed by atoms with Crippen molar-refractivity contribution < 1.29 is 9.72 Å². The van der Waals surface area contributed by atoms with Gasteiger partial charge in [0.2, 0.25) is 0 Å². The Morgan fingerprint density at radius 3 is 2.40 bits per heavy atom. The first-order valence-corrected chi connectivity index (χ1v) is 12.3. The number of fused-ring (bicyclic) bond motifs is 1. The molecule has 5 rings (SSSR count). The Labute approximate surface area is 207 Å². The highest BCUT2D eigenvalue weighted by molar-refractivity contribution is 7.22. The standard InChI is InChI=1S/C26H25N5O3S/c32-25(21-8-6-20(7-9-21)19-4-2-1-3-5-19)27-12-13-29-14-16-30(17-15-29)26-28-23-11-10-22(31(33)34)18-24(23)35-26/h1-11,18H,12-17H2,(H,27,32). The first kappa shape index (κ1) is 22.9. The number of aromatic nitrogens is 1. The fourth-order valence-corrected chi connectivity index (χ4v) is 5.24. The second-order valence-corrected chi connectivity index (χ2v) is 9.44. The summed E-state index contributed by atoms with van der Waals surface area (Å²) in [6.45, 7) is 4.78. The third kappa shape index (κ3) is 5.31. The minimum atomic E-state index is -0.379. The lowest BCUT2D eigenvalue weighted by atomic mass is 10.0. The van der Waals surface area contributed by atoms with Crippen LogP contribution < -0.4 is 10.2 Å². The molecule has 0 saturated carbocycles. The number of carbonyl (C=O) groups is 1. The van der Waals surface area contributed by atoms with Crippen LogP contribution in [0.15, 0.2) is 72.8 Å². The van der Waals surface area contributed by atoms with Crippen molar-refractivity contribution in [3.05, 3.63) is 88.5 Å². The molecule has 0 aliphatic carbocycles. The van der Waals surface area contributed by atoms with Gasteiger partial charge in [-0.25, -0.2) is 4.98 Å². The van der Waals surface area contributed by atoms with Crippen molar-refractivity contribution in [2.45, 2.75) is 0 Å². The molecular formula is C26H25N5O3S. The van der Waals surface area contributed by atoms with Crippen LogP contribution in [0.3, 0.4) is 0 Å². The van der Waals surface area contributed by atoms with Gasteiger partial charge in [-0.2, -0.15) is 0 Å². The van der Waals surface area contributed by atoms with E-state index in [1.807, 2.05) is 42.5 Å². The van der Waals surface area contributed by atoms with Crippen LogP contribution in [0, 0.1) is 10.1 Å². The maximum Gasteiger partial charge on any atom is 0.270 e. The Morgan fingerprint density at radius 1 is 0.971 bits per heavy atom. The first-order chi connectivity index (χ1) is 17.1. The molecule has 1 aromatic heterocycles. The summed E-state index contributed by atoms with van der Waals surface area (Å²) in [7, 11) is 0. The van der Waals surface area contributed by atoms with Crippen LogP contribution in [0.2, 0.25) is 0 Å². The SMILES string of the molecule is O=C(NCCN1CCN(c2nc3ccc([N+](=O)[O-])cc3s2)CC1)c1ccc(-c2ccccc2)cc1. The van der Waals surface area contributed by atoms with Crippen LogP contribution in [-0.4, -0.2) is 60.0 Å². The van der Waals surface area contributed by atoms with Gasteiger partial charge in [0.1, 0.15) is 0 Å². The van der Waals surface area contributed by atoms with Crippen LogP contribution in [0.4, 0.5) is 10.8 Å². The average molecular weight is 488 g/mol. The molecule has 1 fully saturated rings. The van der Waals surface area contributed by atoms with E-state index in [4.69, 9.17) is 0 Å². The van der Waals surface area contributed by atoms with Crippen molar-refractivity contribution >= 4 is 38.3 Å². The molecule has 9 heteroatoms. The molecule has 0 radical (unpaired) electrons. The number of benzene rings is 3. The summed E-state index contributed by atoms with van der Waals surface area (Å²) in [5.74, 6) is -0.0631. The van der Waals surface area contributed by atoms with Gasteiger partial charge in [-0.3, -0.25) is 19.8 Å². The van der Waals surface area contributed by atoms with Crippen molar-refractivity contribution in [1.82, 2.24) is 15.2 Å². The predicted molar refractivity (Wildman–Crippen MR) is 139 cm³/mol. The van der Waals surface area contributed by atoms with Gasteiger partial charge < -0.3 is 10.2 Å². The lowest BCUT2D eigenvalue weighted by Gasteiger charge is -2.34. The Kier molecular flexibility index (Phi) is 6.69. The summed E-state index contributed by atoms with van der Waals surface area (Å²) in [5.41, 5.74) is 3.76. The van der Waals surface area contributed by atoms with Gasteiger partial charge in [-0.1, -0.05) is 53.8 Å². The van der Waals surface area contributed by atoms with Crippen molar-refractivity contribution in [2.75, 3.05) is 44.2 Å². The molecule has 0 unspecified atom stereocenters. The van der Waals surface area contributed by atoms with Gasteiger partial charge in [-0.05, 0) is 29.3 Å². The van der Waals surface area contributed by atoms with Crippen LogP contribution in [0.1, 0.15) is 10.4 Å². The normalized spacial score (nSPS) is 14.2. The number of non-ortho nitro benzene ring substituents is 1. The second kappa shape index (κ2) is 10.2. The molecule has 8 nitrogen and oxygen atoms in total. The van der Waals surface area contributed by atoms with Gasteiger partial charge in [0.25, 0.3) is 11.6 Å². The third-order valence-electron chi connectivity index (χ3n) is 6.18. The number of hydrogen-bond donors (Lipinski definition) is 1. The molecule has 3 aromatic carbocycles.